The van der Waals surface area contributed by atoms with Gasteiger partial charge < -0.3 is 9.64 Å². The maximum atomic E-state index is 6.39. The van der Waals surface area contributed by atoms with E-state index in [4.69, 9.17) is 16.3 Å². The van der Waals surface area contributed by atoms with E-state index in [1.165, 1.54) is 5.56 Å². The van der Waals surface area contributed by atoms with Crippen molar-refractivity contribution >= 4 is 11.6 Å². The van der Waals surface area contributed by atoms with Crippen LogP contribution in [0.4, 0.5) is 0 Å². The molecule has 1 unspecified atom stereocenters. The van der Waals surface area contributed by atoms with Gasteiger partial charge in [0, 0.05) is 11.6 Å². The molecule has 0 bridgehead atoms. The fourth-order valence-corrected chi connectivity index (χ4v) is 3.06. The summed E-state index contributed by atoms with van der Waals surface area (Å²) < 4.78 is 6.19. The molecule has 2 nitrogen and oxygen atoms in total. The molecule has 0 spiro atoms. The van der Waals surface area contributed by atoms with E-state index in [1.54, 1.807) is 0 Å². The molecule has 0 fully saturated rings. The smallest absolute Gasteiger partial charge is 0.0839 e. The number of hydrogen-bond acceptors (Lipinski definition) is 2. The molecular formula is C21H28ClNO. The largest absolute Gasteiger partial charge is 0.373 e. The maximum absolute atomic E-state index is 6.39. The molecule has 2 rings (SSSR count). The molecule has 2 aromatic rings. The first-order chi connectivity index (χ1) is 11.7. The van der Waals surface area contributed by atoms with Crippen LogP contribution in [0, 0.1) is 0 Å². The molecule has 0 aliphatic carbocycles. The summed E-state index contributed by atoms with van der Waals surface area (Å²) in [5, 5.41) is 0.801. The van der Waals surface area contributed by atoms with Gasteiger partial charge in [0.25, 0.3) is 0 Å². The fourth-order valence-electron chi connectivity index (χ4n) is 2.81. The molecule has 0 aliphatic heterocycles. The standard InChI is InChI=1S/C21H28ClNO/c1-23(2)16-9-17-24-21(19-13-6-7-14-20(19)22)15-8-12-18-10-4-3-5-11-18/h3-7,10-11,13-14,21H,8-9,12,15-17H2,1-2H3. The van der Waals surface area contributed by atoms with Crippen LogP contribution in [0.25, 0.3) is 0 Å². The number of benzene rings is 2. The predicted molar refractivity (Wildman–Crippen MR) is 103 cm³/mol. The Morgan fingerprint density at radius 1 is 0.958 bits per heavy atom. The zero-order valence-corrected chi connectivity index (χ0v) is 15.5. The Labute approximate surface area is 151 Å². The first kappa shape index (κ1) is 19.0. The van der Waals surface area contributed by atoms with Crippen molar-refractivity contribution in [3.8, 4) is 0 Å². The van der Waals surface area contributed by atoms with Crippen LogP contribution in [0.1, 0.15) is 36.5 Å². The van der Waals surface area contributed by atoms with Gasteiger partial charge >= 0.3 is 0 Å². The average Bonchev–Trinajstić information content (AvgIpc) is 2.58. The average molecular weight is 346 g/mol. The van der Waals surface area contributed by atoms with Gasteiger partial charge in [-0.05, 0) is 63.5 Å². The Balaban J connectivity index is 1.91. The van der Waals surface area contributed by atoms with E-state index in [1.807, 2.05) is 18.2 Å². The van der Waals surface area contributed by atoms with Crippen molar-refractivity contribution in [2.24, 2.45) is 0 Å². The summed E-state index contributed by atoms with van der Waals surface area (Å²) in [7, 11) is 4.18. The van der Waals surface area contributed by atoms with Crippen LogP contribution in [-0.2, 0) is 11.2 Å². The minimum absolute atomic E-state index is 0.0737. The van der Waals surface area contributed by atoms with Crippen molar-refractivity contribution in [3.05, 3.63) is 70.7 Å². The highest BCUT2D eigenvalue weighted by atomic mass is 35.5. The van der Waals surface area contributed by atoms with E-state index in [0.717, 1.165) is 49.4 Å². The third kappa shape index (κ3) is 6.64. The molecular weight excluding hydrogens is 318 g/mol. The van der Waals surface area contributed by atoms with Crippen LogP contribution in [-0.4, -0.2) is 32.1 Å². The maximum Gasteiger partial charge on any atom is 0.0839 e. The topological polar surface area (TPSA) is 12.5 Å². The number of hydrogen-bond donors (Lipinski definition) is 0. The molecule has 0 aliphatic rings. The van der Waals surface area contributed by atoms with E-state index < -0.39 is 0 Å². The van der Waals surface area contributed by atoms with Crippen LogP contribution < -0.4 is 0 Å². The van der Waals surface area contributed by atoms with Gasteiger partial charge in [0.05, 0.1) is 6.10 Å². The summed E-state index contributed by atoms with van der Waals surface area (Å²) in [6.07, 6.45) is 4.26. The summed E-state index contributed by atoms with van der Waals surface area (Å²) in [5.74, 6) is 0. The Bertz CT molecular complexity index is 585. The molecule has 0 N–H and O–H groups in total. The Morgan fingerprint density at radius 2 is 1.67 bits per heavy atom. The number of ether oxygens (including phenoxy) is 1. The number of rotatable bonds is 10. The zero-order valence-electron chi connectivity index (χ0n) is 14.7. The summed E-state index contributed by atoms with van der Waals surface area (Å²) in [4.78, 5) is 2.18. The molecule has 0 saturated heterocycles. The lowest BCUT2D eigenvalue weighted by Gasteiger charge is -2.20. The van der Waals surface area contributed by atoms with Gasteiger partial charge in [-0.2, -0.15) is 0 Å². The number of nitrogens with zero attached hydrogens (tertiary/aromatic N) is 1. The van der Waals surface area contributed by atoms with E-state index >= 15 is 0 Å². The van der Waals surface area contributed by atoms with E-state index in [0.29, 0.717) is 0 Å². The molecule has 0 radical (unpaired) electrons. The second-order valence-electron chi connectivity index (χ2n) is 6.42. The molecule has 2 aromatic carbocycles. The Hall–Kier alpha value is -1.35. The molecule has 0 amide bonds. The molecule has 0 aromatic heterocycles. The van der Waals surface area contributed by atoms with Crippen molar-refractivity contribution in [1.82, 2.24) is 4.90 Å². The summed E-state index contributed by atoms with van der Waals surface area (Å²) in [6.45, 7) is 1.80. The number of aryl methyl sites for hydroxylation is 1. The molecule has 0 heterocycles. The van der Waals surface area contributed by atoms with Gasteiger partial charge in [0.1, 0.15) is 0 Å². The summed E-state index contributed by atoms with van der Waals surface area (Å²) >= 11 is 6.39. The van der Waals surface area contributed by atoms with Crippen molar-refractivity contribution in [1.29, 1.82) is 0 Å². The van der Waals surface area contributed by atoms with Crippen LogP contribution >= 0.6 is 11.6 Å². The quantitative estimate of drug-likeness (QED) is 0.536. The van der Waals surface area contributed by atoms with Crippen molar-refractivity contribution in [2.75, 3.05) is 27.2 Å². The number of halogens is 1. The highest BCUT2D eigenvalue weighted by Crippen LogP contribution is 2.29. The third-order valence-electron chi connectivity index (χ3n) is 4.10. The van der Waals surface area contributed by atoms with Crippen LogP contribution in [0.5, 0.6) is 0 Å². The monoisotopic (exact) mass is 345 g/mol. The molecule has 1 atom stereocenters. The van der Waals surface area contributed by atoms with Gasteiger partial charge in [-0.25, -0.2) is 0 Å². The SMILES string of the molecule is CN(C)CCCOC(CCCc1ccccc1)c1ccccc1Cl. The highest BCUT2D eigenvalue weighted by Gasteiger charge is 2.15. The summed E-state index contributed by atoms with van der Waals surface area (Å²) in [6, 6.07) is 18.7. The van der Waals surface area contributed by atoms with Crippen LogP contribution in [0.15, 0.2) is 54.6 Å². The third-order valence-corrected chi connectivity index (χ3v) is 4.44. The van der Waals surface area contributed by atoms with Gasteiger partial charge in [0.2, 0.25) is 0 Å². The lowest BCUT2D eigenvalue weighted by atomic mass is 10.0. The Morgan fingerprint density at radius 3 is 2.38 bits per heavy atom. The van der Waals surface area contributed by atoms with E-state index in [2.05, 4.69) is 55.4 Å². The van der Waals surface area contributed by atoms with Gasteiger partial charge in [-0.1, -0.05) is 60.1 Å². The zero-order chi connectivity index (χ0) is 17.2. The molecule has 24 heavy (non-hydrogen) atoms. The van der Waals surface area contributed by atoms with Crippen LogP contribution in [0.2, 0.25) is 5.02 Å². The molecule has 0 saturated carbocycles. The van der Waals surface area contributed by atoms with E-state index in [-0.39, 0.29) is 6.10 Å². The van der Waals surface area contributed by atoms with Gasteiger partial charge in [-0.3, -0.25) is 0 Å². The van der Waals surface area contributed by atoms with E-state index in [9.17, 15) is 0 Å². The van der Waals surface area contributed by atoms with Crippen molar-refractivity contribution < 1.29 is 4.74 Å². The second-order valence-corrected chi connectivity index (χ2v) is 6.82. The molecule has 3 heteroatoms. The Kier molecular flexibility index (Phi) is 8.31. The first-order valence-electron chi connectivity index (χ1n) is 8.71. The lowest BCUT2D eigenvalue weighted by Crippen LogP contribution is -2.16. The van der Waals surface area contributed by atoms with Crippen LogP contribution in [0.3, 0.4) is 0 Å². The predicted octanol–water partition coefficient (Wildman–Crippen LogP) is 5.37. The summed E-state index contributed by atoms with van der Waals surface area (Å²) in [5.41, 5.74) is 2.49. The first-order valence-corrected chi connectivity index (χ1v) is 9.09. The van der Waals surface area contributed by atoms with Crippen molar-refractivity contribution in [3.63, 3.8) is 0 Å². The minimum Gasteiger partial charge on any atom is -0.373 e. The van der Waals surface area contributed by atoms with Crippen molar-refractivity contribution in [2.45, 2.75) is 31.8 Å². The fraction of sp³-hybridized carbons (Fsp3) is 0.429. The minimum atomic E-state index is 0.0737. The second kappa shape index (κ2) is 10.5. The van der Waals surface area contributed by atoms with Gasteiger partial charge in [0.15, 0.2) is 0 Å². The normalized spacial score (nSPS) is 12.5. The highest BCUT2D eigenvalue weighted by molar-refractivity contribution is 6.31. The molecule has 130 valence electrons. The lowest BCUT2D eigenvalue weighted by molar-refractivity contribution is 0.0411. The van der Waals surface area contributed by atoms with Gasteiger partial charge in [-0.15, -0.1) is 0 Å².